The van der Waals surface area contributed by atoms with E-state index in [4.69, 9.17) is 10.8 Å². The topological polar surface area (TPSA) is 80.4 Å². The molecule has 0 aliphatic heterocycles. The fourth-order valence-corrected chi connectivity index (χ4v) is 1.34. The molecule has 0 aromatic carbocycles. The van der Waals surface area contributed by atoms with Crippen LogP contribution in [0.1, 0.15) is 26.2 Å². The van der Waals surface area contributed by atoms with Crippen molar-refractivity contribution in [1.82, 2.24) is 0 Å². The zero-order chi connectivity index (χ0) is 10.4. The lowest BCUT2D eigenvalue weighted by molar-refractivity contribution is -0.138. The Hall–Kier alpha value is -1.06. The molecule has 1 unspecified atom stereocenters. The summed E-state index contributed by atoms with van der Waals surface area (Å²) in [6.07, 6.45) is 0.740. The normalized spacial score (nSPS) is 12.8. The van der Waals surface area contributed by atoms with Gasteiger partial charge in [-0.1, -0.05) is 13.8 Å². The van der Waals surface area contributed by atoms with Gasteiger partial charge in [0.25, 0.3) is 0 Å². The summed E-state index contributed by atoms with van der Waals surface area (Å²) in [5, 5.41) is 8.54. The van der Waals surface area contributed by atoms with E-state index in [1.807, 2.05) is 6.92 Å². The molecule has 75 valence electrons. The summed E-state index contributed by atoms with van der Waals surface area (Å²) < 4.78 is 0. The smallest absolute Gasteiger partial charge is 0.303 e. The third-order valence-electron chi connectivity index (χ3n) is 1.69. The maximum absolute atomic E-state index is 10.6. The highest BCUT2D eigenvalue weighted by molar-refractivity contribution is 5.75. The van der Waals surface area contributed by atoms with E-state index in [9.17, 15) is 9.59 Å². The highest BCUT2D eigenvalue weighted by Crippen LogP contribution is 2.18. The molecule has 1 amide bonds. The lowest BCUT2D eigenvalue weighted by Crippen LogP contribution is -2.20. The Morgan fingerprint density at radius 1 is 1.46 bits per heavy atom. The highest BCUT2D eigenvalue weighted by atomic mass is 16.4. The SMILES string of the molecule is [CH2]C(C)C[C@@H](CC(N)=O)CC(=O)O. The first-order valence-electron chi connectivity index (χ1n) is 4.25. The molecule has 0 aliphatic rings. The number of rotatable bonds is 6. The summed E-state index contributed by atoms with van der Waals surface area (Å²) in [7, 11) is 0. The van der Waals surface area contributed by atoms with E-state index in [1.54, 1.807) is 0 Å². The van der Waals surface area contributed by atoms with Crippen molar-refractivity contribution in [3.05, 3.63) is 6.92 Å². The standard InChI is InChI=1S/C9H16NO3/c1-6(2)3-7(4-8(10)11)5-9(12)13/h6-7H,1,3-5H2,2H3,(H2,10,11)(H,12,13)/t6?,7-/m0/s1. The monoisotopic (exact) mass is 186 g/mol. The van der Waals surface area contributed by atoms with Crippen LogP contribution < -0.4 is 5.73 Å². The van der Waals surface area contributed by atoms with E-state index >= 15 is 0 Å². The fourth-order valence-electron chi connectivity index (χ4n) is 1.34. The molecule has 1 radical (unpaired) electrons. The van der Waals surface area contributed by atoms with E-state index in [2.05, 4.69) is 6.92 Å². The Morgan fingerprint density at radius 2 is 2.00 bits per heavy atom. The van der Waals surface area contributed by atoms with E-state index in [1.165, 1.54) is 0 Å². The maximum atomic E-state index is 10.6. The zero-order valence-electron chi connectivity index (χ0n) is 7.82. The van der Waals surface area contributed by atoms with Gasteiger partial charge in [-0.2, -0.15) is 0 Å². The summed E-state index contributed by atoms with van der Waals surface area (Å²) in [5.41, 5.74) is 4.99. The average Bonchev–Trinajstić information content (AvgIpc) is 1.80. The number of amides is 1. The van der Waals surface area contributed by atoms with Gasteiger partial charge in [0, 0.05) is 12.8 Å². The van der Waals surface area contributed by atoms with Crippen molar-refractivity contribution in [2.45, 2.75) is 26.2 Å². The third kappa shape index (κ3) is 7.31. The number of hydrogen-bond acceptors (Lipinski definition) is 2. The molecule has 0 spiro atoms. The van der Waals surface area contributed by atoms with Crippen LogP contribution in [0.2, 0.25) is 0 Å². The summed E-state index contributed by atoms with van der Waals surface area (Å²) in [5.74, 6) is -1.38. The first-order valence-corrected chi connectivity index (χ1v) is 4.25. The van der Waals surface area contributed by atoms with Crippen LogP contribution in [0.3, 0.4) is 0 Å². The average molecular weight is 186 g/mol. The number of hydrogen-bond donors (Lipinski definition) is 2. The molecular formula is C9H16NO3. The van der Waals surface area contributed by atoms with Crippen molar-refractivity contribution in [2.24, 2.45) is 17.6 Å². The predicted molar refractivity (Wildman–Crippen MR) is 48.7 cm³/mol. The second-order valence-corrected chi connectivity index (χ2v) is 3.48. The second kappa shape index (κ2) is 5.56. The molecule has 4 nitrogen and oxygen atoms in total. The molecule has 0 aromatic rings. The minimum atomic E-state index is -0.896. The first kappa shape index (κ1) is 11.9. The van der Waals surface area contributed by atoms with Gasteiger partial charge < -0.3 is 10.8 Å². The van der Waals surface area contributed by atoms with Gasteiger partial charge in [0.15, 0.2) is 0 Å². The van der Waals surface area contributed by atoms with E-state index < -0.39 is 11.9 Å². The van der Waals surface area contributed by atoms with Gasteiger partial charge in [-0.05, 0) is 18.3 Å². The Balaban J connectivity index is 4.02. The number of carbonyl (C=O) groups is 2. The van der Waals surface area contributed by atoms with Crippen molar-refractivity contribution >= 4 is 11.9 Å². The van der Waals surface area contributed by atoms with Gasteiger partial charge in [0.2, 0.25) is 5.91 Å². The van der Waals surface area contributed by atoms with Gasteiger partial charge in [-0.3, -0.25) is 9.59 Å². The van der Waals surface area contributed by atoms with Crippen LogP contribution in [0, 0.1) is 18.8 Å². The van der Waals surface area contributed by atoms with Gasteiger partial charge >= 0.3 is 5.97 Å². The van der Waals surface area contributed by atoms with Crippen LogP contribution in [0.4, 0.5) is 0 Å². The molecule has 0 heterocycles. The molecule has 0 fully saturated rings. The first-order chi connectivity index (χ1) is 5.91. The van der Waals surface area contributed by atoms with E-state index in [0.29, 0.717) is 6.42 Å². The van der Waals surface area contributed by atoms with Crippen LogP contribution in [-0.4, -0.2) is 17.0 Å². The molecule has 3 N–H and O–H groups in total. The third-order valence-corrected chi connectivity index (χ3v) is 1.69. The van der Waals surface area contributed by atoms with Crippen LogP contribution in [0.25, 0.3) is 0 Å². The number of carboxylic acids is 1. The number of carboxylic acid groups (broad SMARTS) is 1. The van der Waals surface area contributed by atoms with E-state index in [-0.39, 0.29) is 24.7 Å². The predicted octanol–water partition coefficient (Wildman–Crippen LogP) is 0.813. The molecule has 0 aromatic heterocycles. The Labute approximate surface area is 78.1 Å². The molecular weight excluding hydrogens is 170 g/mol. The molecule has 0 saturated heterocycles. The van der Waals surface area contributed by atoms with Crippen LogP contribution in [-0.2, 0) is 9.59 Å². The van der Waals surface area contributed by atoms with Gasteiger partial charge in [0.1, 0.15) is 0 Å². The molecule has 2 atom stereocenters. The van der Waals surface area contributed by atoms with Crippen molar-refractivity contribution in [3.63, 3.8) is 0 Å². The minimum Gasteiger partial charge on any atom is -0.481 e. The number of primary amides is 1. The molecule has 0 rings (SSSR count). The Morgan fingerprint density at radius 3 is 2.31 bits per heavy atom. The zero-order valence-corrected chi connectivity index (χ0v) is 7.82. The minimum absolute atomic E-state index is 0.0111. The van der Waals surface area contributed by atoms with Crippen molar-refractivity contribution < 1.29 is 14.7 Å². The highest BCUT2D eigenvalue weighted by Gasteiger charge is 2.16. The molecule has 0 bridgehead atoms. The molecule has 0 aliphatic carbocycles. The number of carbonyl (C=O) groups excluding carboxylic acids is 1. The summed E-state index contributed by atoms with van der Waals surface area (Å²) in [4.78, 5) is 21.0. The fraction of sp³-hybridized carbons (Fsp3) is 0.667. The molecule has 0 saturated carbocycles. The summed E-state index contributed by atoms with van der Waals surface area (Å²) in [6, 6.07) is 0. The largest absolute Gasteiger partial charge is 0.481 e. The van der Waals surface area contributed by atoms with Gasteiger partial charge in [0.05, 0.1) is 0 Å². The lowest BCUT2D eigenvalue weighted by Gasteiger charge is -2.14. The van der Waals surface area contributed by atoms with Crippen molar-refractivity contribution in [3.8, 4) is 0 Å². The molecule has 13 heavy (non-hydrogen) atoms. The number of nitrogens with two attached hydrogens (primary N) is 1. The van der Waals surface area contributed by atoms with Gasteiger partial charge in [-0.25, -0.2) is 0 Å². The lowest BCUT2D eigenvalue weighted by atomic mass is 9.91. The summed E-state index contributed by atoms with van der Waals surface area (Å²) >= 11 is 0. The van der Waals surface area contributed by atoms with Crippen molar-refractivity contribution in [2.75, 3.05) is 0 Å². The Bertz CT molecular complexity index is 173. The van der Waals surface area contributed by atoms with Gasteiger partial charge in [-0.15, -0.1) is 0 Å². The number of aliphatic carboxylic acids is 1. The summed E-state index contributed by atoms with van der Waals surface area (Å²) in [6.45, 7) is 5.63. The van der Waals surface area contributed by atoms with Crippen LogP contribution in [0.5, 0.6) is 0 Å². The molecule has 4 heteroatoms. The Kier molecular flexibility index (Phi) is 5.11. The van der Waals surface area contributed by atoms with E-state index in [0.717, 1.165) is 0 Å². The van der Waals surface area contributed by atoms with Crippen LogP contribution in [0.15, 0.2) is 0 Å². The quantitative estimate of drug-likeness (QED) is 0.644. The maximum Gasteiger partial charge on any atom is 0.303 e. The van der Waals surface area contributed by atoms with Crippen LogP contribution >= 0.6 is 0 Å². The van der Waals surface area contributed by atoms with Crippen molar-refractivity contribution in [1.29, 1.82) is 0 Å². The second-order valence-electron chi connectivity index (χ2n) is 3.48.